The van der Waals surface area contributed by atoms with Crippen LogP contribution in [0.25, 0.3) is 0 Å². The monoisotopic (exact) mass is 294 g/mol. The van der Waals surface area contributed by atoms with E-state index in [2.05, 4.69) is 10.3 Å². The summed E-state index contributed by atoms with van der Waals surface area (Å²) in [5.74, 6) is -1.62. The van der Waals surface area contributed by atoms with E-state index in [1.165, 1.54) is 12.1 Å². The summed E-state index contributed by atoms with van der Waals surface area (Å²) in [6.45, 7) is 3.99. The van der Waals surface area contributed by atoms with Crippen molar-refractivity contribution < 1.29 is 8.78 Å². The zero-order chi connectivity index (χ0) is 14.3. The van der Waals surface area contributed by atoms with Gasteiger partial charge in [0.05, 0.1) is 11.7 Å². The molecule has 3 rings (SSSR count). The number of aromatic nitrogens is 1. The molecule has 5 heteroatoms. The predicted octanol–water partition coefficient (Wildman–Crippen LogP) is 3.88. The first-order valence-corrected chi connectivity index (χ1v) is 7.51. The van der Waals surface area contributed by atoms with E-state index in [1.807, 2.05) is 13.8 Å². The summed E-state index contributed by atoms with van der Waals surface area (Å²) in [6, 6.07) is 4.37. The minimum atomic E-state index is -0.814. The molecule has 0 bridgehead atoms. The molecule has 2 nitrogen and oxygen atoms in total. The number of thiazole rings is 1. The van der Waals surface area contributed by atoms with Crippen molar-refractivity contribution in [1.82, 2.24) is 10.3 Å². The number of nitrogens with zero attached hydrogens (tertiary/aromatic N) is 1. The molecular weight excluding hydrogens is 278 g/mol. The number of benzene rings is 1. The van der Waals surface area contributed by atoms with Crippen LogP contribution >= 0.6 is 11.3 Å². The van der Waals surface area contributed by atoms with Gasteiger partial charge in [-0.3, -0.25) is 0 Å². The number of aryl methyl sites for hydroxylation is 2. The Morgan fingerprint density at radius 1 is 1.25 bits per heavy atom. The number of rotatable bonds is 4. The van der Waals surface area contributed by atoms with Crippen LogP contribution in [0.3, 0.4) is 0 Å². The Morgan fingerprint density at radius 2 is 2.00 bits per heavy atom. The van der Waals surface area contributed by atoms with Crippen molar-refractivity contribution in [1.29, 1.82) is 0 Å². The molecule has 1 saturated carbocycles. The third-order valence-corrected chi connectivity index (χ3v) is 4.69. The van der Waals surface area contributed by atoms with E-state index in [9.17, 15) is 8.78 Å². The molecule has 1 aromatic heterocycles. The fraction of sp³-hybridized carbons (Fsp3) is 0.400. The van der Waals surface area contributed by atoms with Crippen LogP contribution in [0.5, 0.6) is 0 Å². The van der Waals surface area contributed by atoms with Crippen molar-refractivity contribution >= 4 is 11.3 Å². The maximum atomic E-state index is 13.5. The molecule has 0 spiro atoms. The number of hydrogen-bond donors (Lipinski definition) is 1. The van der Waals surface area contributed by atoms with Gasteiger partial charge in [-0.05, 0) is 44.4 Å². The highest BCUT2D eigenvalue weighted by Gasteiger charge is 2.28. The van der Waals surface area contributed by atoms with Crippen LogP contribution in [0.4, 0.5) is 8.78 Å². The summed E-state index contributed by atoms with van der Waals surface area (Å²) in [5, 5.41) is 4.38. The molecule has 20 heavy (non-hydrogen) atoms. The van der Waals surface area contributed by atoms with E-state index in [-0.39, 0.29) is 6.04 Å². The third-order valence-electron chi connectivity index (χ3n) is 3.55. The summed E-state index contributed by atoms with van der Waals surface area (Å²) in [4.78, 5) is 5.72. The minimum Gasteiger partial charge on any atom is -0.301 e. The standard InChI is InChI=1S/C15H16F2N2S/c1-8-9(2)20-15(18-8)14(19-11-4-5-11)10-3-6-12(16)13(17)7-10/h3,6-7,11,14,19H,4-5H2,1-2H3. The molecule has 1 aliphatic rings. The van der Waals surface area contributed by atoms with Crippen molar-refractivity contribution in [2.45, 2.75) is 38.8 Å². The predicted molar refractivity (Wildman–Crippen MR) is 75.9 cm³/mol. The van der Waals surface area contributed by atoms with Gasteiger partial charge in [-0.2, -0.15) is 0 Å². The van der Waals surface area contributed by atoms with E-state index in [1.54, 1.807) is 17.4 Å². The summed E-state index contributed by atoms with van der Waals surface area (Å²) in [5.41, 5.74) is 1.72. The highest BCUT2D eigenvalue weighted by molar-refractivity contribution is 7.11. The highest BCUT2D eigenvalue weighted by Crippen LogP contribution is 2.32. The Bertz CT molecular complexity index is 615. The Kier molecular flexibility index (Phi) is 3.56. The van der Waals surface area contributed by atoms with Crippen LogP contribution in [0.15, 0.2) is 18.2 Å². The second kappa shape index (κ2) is 5.22. The molecule has 1 aromatic carbocycles. The lowest BCUT2D eigenvalue weighted by atomic mass is 10.1. The Morgan fingerprint density at radius 3 is 2.55 bits per heavy atom. The molecule has 0 saturated heterocycles. The Labute approximate surface area is 120 Å². The summed E-state index contributed by atoms with van der Waals surface area (Å²) < 4.78 is 26.6. The molecule has 1 heterocycles. The first-order chi connectivity index (χ1) is 9.54. The van der Waals surface area contributed by atoms with Crippen molar-refractivity contribution in [3.63, 3.8) is 0 Å². The fourth-order valence-corrected chi connectivity index (χ4v) is 3.12. The van der Waals surface area contributed by atoms with Gasteiger partial charge in [0.1, 0.15) is 5.01 Å². The van der Waals surface area contributed by atoms with Gasteiger partial charge in [-0.15, -0.1) is 11.3 Å². The normalized spacial score (nSPS) is 16.4. The summed E-state index contributed by atoms with van der Waals surface area (Å²) in [7, 11) is 0. The van der Waals surface area contributed by atoms with Gasteiger partial charge < -0.3 is 5.32 Å². The van der Waals surface area contributed by atoms with Crippen molar-refractivity contribution in [3.8, 4) is 0 Å². The first kappa shape index (κ1) is 13.6. The fourth-order valence-electron chi connectivity index (χ4n) is 2.11. The van der Waals surface area contributed by atoms with Gasteiger partial charge in [-0.1, -0.05) is 6.07 Å². The summed E-state index contributed by atoms with van der Waals surface area (Å²) in [6.07, 6.45) is 2.26. The van der Waals surface area contributed by atoms with Gasteiger partial charge in [-0.25, -0.2) is 13.8 Å². The van der Waals surface area contributed by atoms with Crippen LogP contribution in [0.1, 0.15) is 40.0 Å². The van der Waals surface area contributed by atoms with Gasteiger partial charge in [0.15, 0.2) is 11.6 Å². The molecule has 0 radical (unpaired) electrons. The maximum Gasteiger partial charge on any atom is 0.159 e. The second-order valence-electron chi connectivity index (χ2n) is 5.24. The van der Waals surface area contributed by atoms with Crippen molar-refractivity contribution in [3.05, 3.63) is 51.0 Å². The number of hydrogen-bond acceptors (Lipinski definition) is 3. The van der Waals surface area contributed by atoms with E-state index >= 15 is 0 Å². The smallest absolute Gasteiger partial charge is 0.159 e. The zero-order valence-electron chi connectivity index (χ0n) is 11.4. The largest absolute Gasteiger partial charge is 0.301 e. The average molecular weight is 294 g/mol. The SMILES string of the molecule is Cc1nc(C(NC2CC2)c2ccc(F)c(F)c2)sc1C. The molecular formula is C15H16F2N2S. The van der Waals surface area contributed by atoms with E-state index in [4.69, 9.17) is 0 Å². The number of nitrogens with one attached hydrogen (secondary N) is 1. The first-order valence-electron chi connectivity index (χ1n) is 6.69. The minimum absolute atomic E-state index is 0.157. The van der Waals surface area contributed by atoms with E-state index in [0.717, 1.165) is 34.0 Å². The lowest BCUT2D eigenvalue weighted by Crippen LogP contribution is -2.24. The second-order valence-corrected chi connectivity index (χ2v) is 6.48. The van der Waals surface area contributed by atoms with Crippen LogP contribution in [0, 0.1) is 25.5 Å². The van der Waals surface area contributed by atoms with Crippen LogP contribution in [0.2, 0.25) is 0 Å². The van der Waals surface area contributed by atoms with Crippen molar-refractivity contribution in [2.75, 3.05) is 0 Å². The van der Waals surface area contributed by atoms with Gasteiger partial charge in [0.2, 0.25) is 0 Å². The molecule has 0 aliphatic heterocycles. The zero-order valence-corrected chi connectivity index (χ0v) is 12.2. The molecule has 1 atom stereocenters. The molecule has 2 aromatic rings. The van der Waals surface area contributed by atoms with Crippen LogP contribution in [-0.4, -0.2) is 11.0 Å². The van der Waals surface area contributed by atoms with Crippen LogP contribution < -0.4 is 5.32 Å². The van der Waals surface area contributed by atoms with Gasteiger partial charge in [0.25, 0.3) is 0 Å². The van der Waals surface area contributed by atoms with Crippen LogP contribution in [-0.2, 0) is 0 Å². The molecule has 106 valence electrons. The lowest BCUT2D eigenvalue weighted by Gasteiger charge is -2.17. The Hall–Kier alpha value is -1.33. The third kappa shape index (κ3) is 2.74. The van der Waals surface area contributed by atoms with E-state index in [0.29, 0.717) is 6.04 Å². The lowest BCUT2D eigenvalue weighted by molar-refractivity contribution is 0.502. The average Bonchev–Trinajstić information content (AvgIpc) is 3.17. The number of halogens is 2. The topological polar surface area (TPSA) is 24.9 Å². The maximum absolute atomic E-state index is 13.5. The van der Waals surface area contributed by atoms with Crippen molar-refractivity contribution in [2.24, 2.45) is 0 Å². The highest BCUT2D eigenvalue weighted by atomic mass is 32.1. The molecule has 1 N–H and O–H groups in total. The molecule has 0 amide bonds. The van der Waals surface area contributed by atoms with Gasteiger partial charge in [0, 0.05) is 10.9 Å². The quantitative estimate of drug-likeness (QED) is 0.925. The summed E-state index contributed by atoms with van der Waals surface area (Å²) >= 11 is 1.61. The molecule has 1 fully saturated rings. The van der Waals surface area contributed by atoms with E-state index < -0.39 is 11.6 Å². The molecule has 1 unspecified atom stereocenters. The molecule has 1 aliphatic carbocycles. The Balaban J connectivity index is 1.97. The van der Waals surface area contributed by atoms with Gasteiger partial charge >= 0.3 is 0 Å².